The minimum absolute atomic E-state index is 0.0515. The first-order valence-corrected chi connectivity index (χ1v) is 23.4. The normalized spacial score (nSPS) is 13.8. The monoisotopic (exact) mass is 1040 g/mol. The van der Waals surface area contributed by atoms with Crippen LogP contribution in [0.15, 0.2) is 110 Å². The molecule has 0 saturated carbocycles. The van der Waals surface area contributed by atoms with E-state index in [1.54, 1.807) is 52.0 Å². The molecule has 0 amide bonds. The Balaban J connectivity index is 0.000000174. The molecule has 0 aliphatic carbocycles. The van der Waals surface area contributed by atoms with Crippen LogP contribution in [0.1, 0.15) is 0 Å². The van der Waals surface area contributed by atoms with Gasteiger partial charge in [0.05, 0.1) is 79.5 Å². The Kier molecular flexibility index (Phi) is 17.6. The number of fused-ring (bicyclic) bond motifs is 2. The zero-order valence-corrected chi connectivity index (χ0v) is 40.6. The number of nitrogens with one attached hydrogen (secondary N) is 2. The quantitative estimate of drug-likeness (QED) is 0.0623. The van der Waals surface area contributed by atoms with Crippen LogP contribution >= 0.6 is 0 Å². The van der Waals surface area contributed by atoms with E-state index >= 15 is 0 Å². The number of morpholine rings is 2. The molecular formula is C50H51F3N12O10. The zero-order chi connectivity index (χ0) is 52.8. The number of aromatic nitrogens is 6. The number of aliphatic hydroxyl groups excluding tert-OH is 1. The average Bonchev–Trinajstić information content (AvgIpc) is 4.04. The molecule has 6 heterocycles. The molecule has 4 aromatic heterocycles. The summed E-state index contributed by atoms with van der Waals surface area (Å²) >= 11 is 0. The van der Waals surface area contributed by atoms with Gasteiger partial charge >= 0.3 is 11.4 Å². The maximum Gasteiger partial charge on any atom is 0.313 e. The lowest BCUT2D eigenvalue weighted by Crippen LogP contribution is -2.38. The number of halogens is 3. The van der Waals surface area contributed by atoms with Crippen LogP contribution in [0.25, 0.3) is 33.4 Å². The van der Waals surface area contributed by atoms with Crippen molar-refractivity contribution in [3.63, 3.8) is 0 Å². The summed E-state index contributed by atoms with van der Waals surface area (Å²) in [4.78, 5) is 43.1. The number of rotatable bonds is 16. The van der Waals surface area contributed by atoms with E-state index < -0.39 is 21.4 Å². The minimum atomic E-state index is -1.02. The fourth-order valence-corrected chi connectivity index (χ4v) is 8.03. The summed E-state index contributed by atoms with van der Waals surface area (Å²) in [6.07, 6.45) is 6.53. The third kappa shape index (κ3) is 13.4. The third-order valence-electron chi connectivity index (χ3n) is 11.8. The number of benzene rings is 4. The van der Waals surface area contributed by atoms with Crippen molar-refractivity contribution < 1.29 is 51.8 Å². The van der Waals surface area contributed by atoms with E-state index in [2.05, 4.69) is 40.4 Å². The number of anilines is 4. The molecule has 75 heavy (non-hydrogen) atoms. The van der Waals surface area contributed by atoms with Crippen molar-refractivity contribution >= 4 is 56.5 Å². The van der Waals surface area contributed by atoms with Crippen LogP contribution in [0.4, 0.5) is 47.8 Å². The number of ether oxygens (including phenoxy) is 5. The van der Waals surface area contributed by atoms with Crippen LogP contribution in [-0.2, 0) is 9.47 Å². The molecule has 4 aromatic carbocycles. The zero-order valence-electron chi connectivity index (χ0n) is 40.6. The Morgan fingerprint density at radius 2 is 1.11 bits per heavy atom. The lowest BCUT2D eigenvalue weighted by atomic mass is 10.2. The third-order valence-corrected chi connectivity index (χ3v) is 11.8. The lowest BCUT2D eigenvalue weighted by Gasteiger charge is -2.26. The van der Waals surface area contributed by atoms with E-state index in [0.29, 0.717) is 53.9 Å². The lowest BCUT2D eigenvalue weighted by molar-refractivity contribution is -0.387. The Hall–Kier alpha value is -8.49. The van der Waals surface area contributed by atoms with Gasteiger partial charge in [-0.15, -0.1) is 0 Å². The van der Waals surface area contributed by atoms with E-state index in [0.717, 1.165) is 68.8 Å². The second-order valence-corrected chi connectivity index (χ2v) is 16.5. The highest BCUT2D eigenvalue weighted by molar-refractivity contribution is 5.83. The molecule has 2 fully saturated rings. The molecule has 3 N–H and O–H groups in total. The Morgan fingerprint density at radius 3 is 1.59 bits per heavy atom. The molecule has 8 aromatic rings. The summed E-state index contributed by atoms with van der Waals surface area (Å²) in [7, 11) is 2.77. The van der Waals surface area contributed by atoms with Crippen LogP contribution in [0.3, 0.4) is 0 Å². The first kappa shape index (κ1) is 52.8. The predicted octanol–water partition coefficient (Wildman–Crippen LogP) is 7.60. The molecule has 0 atom stereocenters. The molecule has 0 radical (unpaired) electrons. The molecule has 0 spiro atoms. The van der Waals surface area contributed by atoms with Crippen LogP contribution in [0.5, 0.6) is 17.2 Å². The highest BCUT2D eigenvalue weighted by Gasteiger charge is 2.23. The summed E-state index contributed by atoms with van der Waals surface area (Å²) in [5.41, 5.74) is 0.766. The number of nitro benzene ring substituents is 2. The van der Waals surface area contributed by atoms with Crippen LogP contribution < -0.4 is 24.8 Å². The summed E-state index contributed by atoms with van der Waals surface area (Å²) in [5, 5.41) is 38.9. The van der Waals surface area contributed by atoms with Gasteiger partial charge in [0, 0.05) is 99.1 Å². The van der Waals surface area contributed by atoms with E-state index in [1.165, 1.54) is 56.8 Å². The molecule has 0 bridgehead atoms. The van der Waals surface area contributed by atoms with Crippen molar-refractivity contribution in [2.75, 3.05) is 104 Å². The Bertz CT molecular complexity index is 3260. The van der Waals surface area contributed by atoms with Crippen molar-refractivity contribution in [1.29, 1.82) is 0 Å². The molecule has 22 nitrogen and oxygen atoms in total. The van der Waals surface area contributed by atoms with Crippen molar-refractivity contribution in [2.45, 2.75) is 0 Å². The number of nitrogens with zero attached hydrogens (tertiary/aromatic N) is 10. The SMILES string of the molecule is COc1cc(F)c([N+](=O)[O-])cc1Nc1nccc(-n2ccc3ccc(F)cc32)n1.COc1cc(OCCN2CCOCC2)c([N+](=O)[O-])cc1Nc1nccc(-n2ccc3ccc(F)cc32)n1.OCCN1CCOCC1. The van der Waals surface area contributed by atoms with Gasteiger partial charge in [0.2, 0.25) is 23.5 Å². The molecular weight excluding hydrogens is 986 g/mol. The van der Waals surface area contributed by atoms with Crippen molar-refractivity contribution in [3.8, 4) is 28.9 Å². The van der Waals surface area contributed by atoms with Gasteiger partial charge in [-0.05, 0) is 60.7 Å². The smallest absolute Gasteiger partial charge is 0.313 e. The van der Waals surface area contributed by atoms with Gasteiger partial charge in [0.15, 0.2) is 0 Å². The topological polar surface area (TPSA) is 245 Å². The molecule has 25 heteroatoms. The van der Waals surface area contributed by atoms with Crippen LogP contribution in [0, 0.1) is 37.7 Å². The summed E-state index contributed by atoms with van der Waals surface area (Å²) in [6.45, 7) is 8.47. The van der Waals surface area contributed by atoms with Gasteiger partial charge in [-0.3, -0.25) is 30.0 Å². The summed E-state index contributed by atoms with van der Waals surface area (Å²) in [6, 6.07) is 20.6. The van der Waals surface area contributed by atoms with Crippen molar-refractivity contribution in [3.05, 3.63) is 147 Å². The van der Waals surface area contributed by atoms with Crippen molar-refractivity contribution in [2.24, 2.45) is 0 Å². The summed E-state index contributed by atoms with van der Waals surface area (Å²) < 4.78 is 71.5. The van der Waals surface area contributed by atoms with Crippen molar-refractivity contribution in [1.82, 2.24) is 38.9 Å². The Labute approximate surface area is 426 Å². The highest BCUT2D eigenvalue weighted by atomic mass is 19.1. The number of aliphatic hydroxyl groups is 1. The maximum absolute atomic E-state index is 13.8. The van der Waals surface area contributed by atoms with Gasteiger partial charge in [-0.2, -0.15) is 14.4 Å². The predicted molar refractivity (Wildman–Crippen MR) is 271 cm³/mol. The Morgan fingerprint density at radius 1 is 0.627 bits per heavy atom. The number of methoxy groups -OCH3 is 2. The van der Waals surface area contributed by atoms with E-state index in [4.69, 9.17) is 28.8 Å². The van der Waals surface area contributed by atoms with Gasteiger partial charge in [0.1, 0.15) is 41.4 Å². The molecule has 0 unspecified atom stereocenters. The van der Waals surface area contributed by atoms with Gasteiger partial charge in [-0.1, -0.05) is 0 Å². The second kappa shape index (κ2) is 25.0. The largest absolute Gasteiger partial charge is 0.494 e. The maximum atomic E-state index is 13.8. The minimum Gasteiger partial charge on any atom is -0.494 e. The number of β-amino-alcohol motifs (C(OH)–C–C–N with tert-alkyl or cyclic N) is 1. The van der Waals surface area contributed by atoms with Crippen LogP contribution in [0.2, 0.25) is 0 Å². The number of hydrogen-bond donors (Lipinski definition) is 3. The van der Waals surface area contributed by atoms with Gasteiger partial charge in [-0.25, -0.2) is 18.7 Å². The molecule has 10 rings (SSSR count). The van der Waals surface area contributed by atoms with Crippen LogP contribution in [-0.4, -0.2) is 147 Å². The molecule has 2 aliphatic heterocycles. The molecule has 2 saturated heterocycles. The fourth-order valence-electron chi connectivity index (χ4n) is 8.03. The standard InChI is InChI=1S/C25H25FN6O5.C19H13F2N5O3.C6H13NO2/c1-35-22-16-23(37-13-10-30-8-11-36-12-9-30)21(32(33)34)15-19(22)28-25-27-6-4-24(29-25)31-7-5-17-2-3-18(26)14-20(17)31;1-29-17-9-13(21)16(26(27)28)10-14(17)23-19-22-6-4-18(24-19)25-7-5-11-2-3-12(20)8-15(11)25;8-4-1-7-2-5-9-6-3-7/h2-7,14-16H,8-13H2,1H3,(H,27,28,29);2-10H,1H3,(H,22,23,24);8H,1-6H2. The summed E-state index contributed by atoms with van der Waals surface area (Å²) in [5.74, 6) is -0.0518. The fraction of sp³-hybridized carbons (Fsp3) is 0.280. The van der Waals surface area contributed by atoms with E-state index in [9.17, 15) is 33.4 Å². The first-order chi connectivity index (χ1) is 36.4. The van der Waals surface area contributed by atoms with Gasteiger partial charge in [0.25, 0.3) is 0 Å². The molecule has 2 aliphatic rings. The highest BCUT2D eigenvalue weighted by Crippen LogP contribution is 2.39. The first-order valence-electron chi connectivity index (χ1n) is 23.4. The number of hydrogen-bond acceptors (Lipinski definition) is 18. The van der Waals surface area contributed by atoms with E-state index in [-0.39, 0.29) is 59.6 Å². The van der Waals surface area contributed by atoms with E-state index in [1.807, 2.05) is 12.1 Å². The average molecular weight is 1040 g/mol. The van der Waals surface area contributed by atoms with Gasteiger partial charge < -0.3 is 48.6 Å². The number of nitro groups is 2. The second-order valence-electron chi connectivity index (χ2n) is 16.5. The molecule has 392 valence electrons.